The molecule has 94 valence electrons. The van der Waals surface area contributed by atoms with E-state index in [1.54, 1.807) is 11.3 Å². The molecule has 0 atom stereocenters. The van der Waals surface area contributed by atoms with Gasteiger partial charge >= 0.3 is 0 Å². The van der Waals surface area contributed by atoms with E-state index < -0.39 is 0 Å². The lowest BCUT2D eigenvalue weighted by Gasteiger charge is -2.05. The van der Waals surface area contributed by atoms with E-state index in [0.717, 1.165) is 14.0 Å². The van der Waals surface area contributed by atoms with Crippen molar-refractivity contribution in [2.45, 2.75) is 13.2 Å². The van der Waals surface area contributed by atoms with Gasteiger partial charge in [0.2, 0.25) is 0 Å². The SMILES string of the molecule is O=C(NCc1cccc(CO)c1)c1csc(I)c1. The smallest absolute Gasteiger partial charge is 0.252 e. The first-order valence-corrected chi connectivity index (χ1v) is 7.36. The highest BCUT2D eigenvalue weighted by Gasteiger charge is 2.07. The second kappa shape index (κ2) is 6.31. The lowest BCUT2D eigenvalue weighted by atomic mass is 10.1. The van der Waals surface area contributed by atoms with Crippen molar-refractivity contribution >= 4 is 39.8 Å². The number of halogens is 1. The van der Waals surface area contributed by atoms with E-state index in [1.807, 2.05) is 35.7 Å². The van der Waals surface area contributed by atoms with Crippen LogP contribution in [0.25, 0.3) is 0 Å². The second-order valence-corrected chi connectivity index (χ2v) is 6.61. The Kier molecular flexibility index (Phi) is 4.73. The zero-order chi connectivity index (χ0) is 13.0. The summed E-state index contributed by atoms with van der Waals surface area (Å²) in [7, 11) is 0. The van der Waals surface area contributed by atoms with Crippen molar-refractivity contribution in [3.05, 3.63) is 55.3 Å². The predicted molar refractivity (Wildman–Crippen MR) is 80.6 cm³/mol. The van der Waals surface area contributed by atoms with E-state index in [4.69, 9.17) is 5.11 Å². The van der Waals surface area contributed by atoms with Gasteiger partial charge in [-0.3, -0.25) is 4.79 Å². The van der Waals surface area contributed by atoms with Crippen LogP contribution in [0.2, 0.25) is 0 Å². The number of thiophene rings is 1. The molecule has 2 rings (SSSR count). The summed E-state index contributed by atoms with van der Waals surface area (Å²) in [6.45, 7) is 0.490. The van der Waals surface area contributed by atoms with Crippen molar-refractivity contribution in [1.29, 1.82) is 0 Å². The first kappa shape index (κ1) is 13.5. The van der Waals surface area contributed by atoms with Gasteiger partial charge in [-0.2, -0.15) is 0 Å². The van der Waals surface area contributed by atoms with Gasteiger partial charge in [-0.25, -0.2) is 0 Å². The average Bonchev–Trinajstić information content (AvgIpc) is 2.83. The standard InChI is InChI=1S/C13H12INO2S/c14-12-5-11(8-18-12)13(17)15-6-9-2-1-3-10(4-9)7-16/h1-5,8,16H,6-7H2,(H,15,17). The van der Waals surface area contributed by atoms with E-state index in [1.165, 1.54) is 0 Å². The third kappa shape index (κ3) is 3.54. The molecule has 0 saturated heterocycles. The maximum absolute atomic E-state index is 11.8. The van der Waals surface area contributed by atoms with Crippen molar-refractivity contribution in [3.63, 3.8) is 0 Å². The highest BCUT2D eigenvalue weighted by molar-refractivity contribution is 14.1. The maximum Gasteiger partial charge on any atom is 0.252 e. The Morgan fingerprint density at radius 2 is 2.11 bits per heavy atom. The third-order valence-electron chi connectivity index (χ3n) is 2.46. The Labute approximate surface area is 123 Å². The zero-order valence-electron chi connectivity index (χ0n) is 9.52. The Bertz CT molecular complexity index is 553. The third-order valence-corrected chi connectivity index (χ3v) is 4.25. The number of aliphatic hydroxyl groups excluding tert-OH is 1. The van der Waals surface area contributed by atoms with Crippen LogP contribution in [0.5, 0.6) is 0 Å². The van der Waals surface area contributed by atoms with Gasteiger partial charge in [-0.05, 0) is 39.8 Å². The molecule has 5 heteroatoms. The summed E-state index contributed by atoms with van der Waals surface area (Å²) in [4.78, 5) is 11.8. The molecule has 1 aromatic heterocycles. The summed E-state index contributed by atoms with van der Waals surface area (Å²) in [6, 6.07) is 9.41. The first-order valence-electron chi connectivity index (χ1n) is 5.40. The Hall–Kier alpha value is -0.920. The lowest BCUT2D eigenvalue weighted by molar-refractivity contribution is 0.0951. The maximum atomic E-state index is 11.8. The van der Waals surface area contributed by atoms with Crippen molar-refractivity contribution in [2.75, 3.05) is 0 Å². The van der Waals surface area contributed by atoms with Crippen LogP contribution in [0, 0.1) is 2.88 Å². The average molecular weight is 373 g/mol. The number of carbonyl (C=O) groups is 1. The normalized spacial score (nSPS) is 10.3. The van der Waals surface area contributed by atoms with Gasteiger partial charge in [-0.15, -0.1) is 11.3 Å². The number of benzene rings is 1. The molecule has 2 N–H and O–H groups in total. The van der Waals surface area contributed by atoms with E-state index >= 15 is 0 Å². The molecule has 1 aromatic carbocycles. The largest absolute Gasteiger partial charge is 0.392 e. The van der Waals surface area contributed by atoms with Crippen LogP contribution < -0.4 is 5.32 Å². The van der Waals surface area contributed by atoms with Crippen molar-refractivity contribution in [1.82, 2.24) is 5.32 Å². The molecule has 3 nitrogen and oxygen atoms in total. The van der Waals surface area contributed by atoms with Gasteiger partial charge in [0.1, 0.15) is 0 Å². The number of nitrogens with one attached hydrogen (secondary N) is 1. The summed E-state index contributed by atoms with van der Waals surface area (Å²) >= 11 is 3.75. The van der Waals surface area contributed by atoms with Crippen LogP contribution in [0.1, 0.15) is 21.5 Å². The quantitative estimate of drug-likeness (QED) is 0.810. The number of aliphatic hydroxyl groups is 1. The van der Waals surface area contributed by atoms with Crippen molar-refractivity contribution < 1.29 is 9.90 Å². The molecular formula is C13H12INO2S. The fraction of sp³-hybridized carbons (Fsp3) is 0.154. The van der Waals surface area contributed by atoms with Crippen LogP contribution in [-0.2, 0) is 13.2 Å². The molecule has 0 aliphatic rings. The molecule has 1 heterocycles. The molecule has 0 radical (unpaired) electrons. The van der Waals surface area contributed by atoms with Gasteiger partial charge in [0, 0.05) is 11.9 Å². The van der Waals surface area contributed by atoms with Crippen LogP contribution in [0.3, 0.4) is 0 Å². The van der Waals surface area contributed by atoms with Gasteiger partial charge in [-0.1, -0.05) is 24.3 Å². The minimum absolute atomic E-state index is 0.0184. The summed E-state index contributed by atoms with van der Waals surface area (Å²) in [5.74, 6) is -0.0661. The number of rotatable bonds is 4. The summed E-state index contributed by atoms with van der Waals surface area (Å²) in [6.07, 6.45) is 0. The summed E-state index contributed by atoms with van der Waals surface area (Å²) in [5, 5.41) is 13.7. The van der Waals surface area contributed by atoms with Gasteiger partial charge < -0.3 is 10.4 Å². The molecule has 0 aliphatic carbocycles. The van der Waals surface area contributed by atoms with E-state index in [9.17, 15) is 4.79 Å². The lowest BCUT2D eigenvalue weighted by Crippen LogP contribution is -2.22. The molecular weight excluding hydrogens is 361 g/mol. The second-order valence-electron chi connectivity index (χ2n) is 3.80. The van der Waals surface area contributed by atoms with Crippen LogP contribution in [0.4, 0.5) is 0 Å². The van der Waals surface area contributed by atoms with Crippen LogP contribution in [-0.4, -0.2) is 11.0 Å². The van der Waals surface area contributed by atoms with Crippen LogP contribution in [0.15, 0.2) is 35.7 Å². The highest BCUT2D eigenvalue weighted by Crippen LogP contribution is 2.16. The number of hydrogen-bond donors (Lipinski definition) is 2. The van der Waals surface area contributed by atoms with Gasteiger partial charge in [0.15, 0.2) is 0 Å². The van der Waals surface area contributed by atoms with Gasteiger partial charge in [0.05, 0.1) is 15.1 Å². The Morgan fingerprint density at radius 1 is 1.33 bits per heavy atom. The molecule has 1 amide bonds. The van der Waals surface area contributed by atoms with Crippen molar-refractivity contribution in [3.8, 4) is 0 Å². The molecule has 0 bridgehead atoms. The molecule has 0 spiro atoms. The molecule has 0 saturated carbocycles. The fourth-order valence-corrected chi connectivity index (χ4v) is 2.88. The minimum atomic E-state index is -0.0661. The molecule has 18 heavy (non-hydrogen) atoms. The van der Waals surface area contributed by atoms with Crippen molar-refractivity contribution in [2.24, 2.45) is 0 Å². The molecule has 0 unspecified atom stereocenters. The minimum Gasteiger partial charge on any atom is -0.392 e. The monoisotopic (exact) mass is 373 g/mol. The molecule has 2 aromatic rings. The van der Waals surface area contributed by atoms with E-state index in [-0.39, 0.29) is 12.5 Å². The number of amides is 1. The summed E-state index contributed by atoms with van der Waals surface area (Å²) < 4.78 is 1.10. The zero-order valence-corrected chi connectivity index (χ0v) is 12.5. The van der Waals surface area contributed by atoms with Crippen LogP contribution >= 0.6 is 33.9 Å². The summed E-state index contributed by atoms with van der Waals surface area (Å²) in [5.41, 5.74) is 2.54. The number of carbonyl (C=O) groups excluding carboxylic acids is 1. The molecule has 0 aliphatic heterocycles. The fourth-order valence-electron chi connectivity index (χ4n) is 1.55. The predicted octanol–water partition coefficient (Wildman–Crippen LogP) is 2.78. The topological polar surface area (TPSA) is 49.3 Å². The Balaban J connectivity index is 1.97. The van der Waals surface area contributed by atoms with E-state index in [0.29, 0.717) is 12.1 Å². The Morgan fingerprint density at radius 3 is 2.78 bits per heavy atom. The molecule has 0 fully saturated rings. The highest BCUT2D eigenvalue weighted by atomic mass is 127. The first-order chi connectivity index (χ1) is 8.69. The van der Waals surface area contributed by atoms with Gasteiger partial charge in [0.25, 0.3) is 5.91 Å². The van der Waals surface area contributed by atoms with E-state index in [2.05, 4.69) is 27.9 Å². The number of hydrogen-bond acceptors (Lipinski definition) is 3.